The number of nitrogens with one attached hydrogen (secondary N) is 2. The van der Waals surface area contributed by atoms with Crippen LogP contribution in [0.3, 0.4) is 0 Å². The number of hydrogen-bond donors (Lipinski definition) is 2. The van der Waals surface area contributed by atoms with E-state index in [1.54, 1.807) is 0 Å². The molecule has 3 heterocycles. The smallest absolute Gasteiger partial charge is 0.235 e. The summed E-state index contributed by atoms with van der Waals surface area (Å²) < 4.78 is 5.19. The van der Waals surface area contributed by atoms with Gasteiger partial charge in [0.2, 0.25) is 11.8 Å². The number of aromatic nitrogens is 1. The summed E-state index contributed by atoms with van der Waals surface area (Å²) in [5, 5.41) is 3.96. The van der Waals surface area contributed by atoms with E-state index in [9.17, 15) is 9.59 Å². The summed E-state index contributed by atoms with van der Waals surface area (Å²) in [6, 6.07) is 10.3. The Kier molecular flexibility index (Phi) is 6.15. The zero-order valence-corrected chi connectivity index (χ0v) is 17.6. The molecule has 160 valence electrons. The summed E-state index contributed by atoms with van der Waals surface area (Å²) >= 11 is 0. The summed E-state index contributed by atoms with van der Waals surface area (Å²) in [6.07, 6.45) is 1.57. The minimum atomic E-state index is 0.00477. The lowest BCUT2D eigenvalue weighted by Gasteiger charge is -2.44. The molecule has 8 heteroatoms. The third kappa shape index (κ3) is 4.39. The molecule has 1 aromatic heterocycles. The Morgan fingerprint density at radius 1 is 1.17 bits per heavy atom. The Morgan fingerprint density at radius 3 is 2.57 bits per heavy atom. The highest BCUT2D eigenvalue weighted by Crippen LogP contribution is 2.26. The molecule has 2 atom stereocenters. The number of piperazine rings is 1. The number of benzene rings is 1. The number of hydrogen-bond acceptors (Lipinski definition) is 6. The molecule has 4 rings (SSSR count). The van der Waals surface area contributed by atoms with Crippen LogP contribution in [-0.2, 0) is 16.0 Å². The molecule has 2 fully saturated rings. The monoisotopic (exact) mass is 411 g/mol. The van der Waals surface area contributed by atoms with Gasteiger partial charge in [-0.05, 0) is 25.8 Å². The highest BCUT2D eigenvalue weighted by Gasteiger charge is 2.36. The van der Waals surface area contributed by atoms with Crippen molar-refractivity contribution in [3.63, 3.8) is 0 Å². The minimum absolute atomic E-state index is 0.00477. The minimum Gasteiger partial charge on any atom is -0.361 e. The molecule has 2 saturated heterocycles. The van der Waals surface area contributed by atoms with Crippen molar-refractivity contribution in [2.45, 2.75) is 45.2 Å². The highest BCUT2D eigenvalue weighted by molar-refractivity contribution is 5.77. The maximum Gasteiger partial charge on any atom is 0.235 e. The van der Waals surface area contributed by atoms with Gasteiger partial charge in [0.05, 0.1) is 11.7 Å². The predicted octanol–water partition coefficient (Wildman–Crippen LogP) is 1.50. The largest absolute Gasteiger partial charge is 0.361 e. The molecular weight excluding hydrogens is 382 g/mol. The third-order valence-corrected chi connectivity index (χ3v) is 6.21. The summed E-state index contributed by atoms with van der Waals surface area (Å²) in [6.45, 7) is 6.68. The van der Waals surface area contributed by atoms with Crippen LogP contribution in [0, 0.1) is 13.8 Å². The van der Waals surface area contributed by atoms with Gasteiger partial charge in [0.1, 0.15) is 5.76 Å². The van der Waals surface area contributed by atoms with Crippen molar-refractivity contribution < 1.29 is 14.1 Å². The van der Waals surface area contributed by atoms with Crippen LogP contribution in [-0.4, -0.2) is 59.0 Å². The van der Waals surface area contributed by atoms with Gasteiger partial charge in [-0.2, -0.15) is 0 Å². The molecule has 1 aromatic carbocycles. The maximum atomic E-state index is 12.7. The van der Waals surface area contributed by atoms with Crippen LogP contribution in [0.1, 0.15) is 41.5 Å². The van der Waals surface area contributed by atoms with Crippen LogP contribution in [0.15, 0.2) is 34.9 Å². The number of aryl methyl sites for hydroxylation is 2. The molecule has 2 aromatic rings. The fourth-order valence-electron chi connectivity index (χ4n) is 4.47. The van der Waals surface area contributed by atoms with Gasteiger partial charge in [-0.25, -0.2) is 5.43 Å². The number of rotatable bonds is 5. The number of carbonyl (C=O) groups excluding carboxylic acids is 2. The van der Waals surface area contributed by atoms with Crippen LogP contribution >= 0.6 is 0 Å². The molecule has 8 nitrogen and oxygen atoms in total. The predicted molar refractivity (Wildman–Crippen MR) is 111 cm³/mol. The fourth-order valence-corrected chi connectivity index (χ4v) is 4.47. The van der Waals surface area contributed by atoms with E-state index in [2.05, 4.69) is 33.0 Å². The Labute approximate surface area is 176 Å². The maximum absolute atomic E-state index is 12.7. The number of nitrogens with zero attached hydrogens (tertiary/aromatic N) is 3. The molecule has 0 saturated carbocycles. The number of carbonyl (C=O) groups is 2. The first kappa shape index (κ1) is 20.6. The molecule has 2 amide bonds. The molecule has 2 unspecified atom stereocenters. The fraction of sp³-hybridized carbons (Fsp3) is 0.500. The summed E-state index contributed by atoms with van der Waals surface area (Å²) in [5.41, 5.74) is 9.00. The van der Waals surface area contributed by atoms with Crippen molar-refractivity contribution in [2.24, 2.45) is 0 Å². The van der Waals surface area contributed by atoms with Gasteiger partial charge < -0.3 is 9.42 Å². The van der Waals surface area contributed by atoms with Crippen LogP contribution in [0.25, 0.3) is 0 Å². The first-order valence-corrected chi connectivity index (χ1v) is 10.6. The molecule has 0 aliphatic carbocycles. The van der Waals surface area contributed by atoms with Gasteiger partial charge in [-0.3, -0.25) is 19.9 Å². The second-order valence-electron chi connectivity index (χ2n) is 8.07. The highest BCUT2D eigenvalue weighted by atomic mass is 16.5. The molecule has 2 N–H and O–H groups in total. The van der Waals surface area contributed by atoms with Crippen LogP contribution in [0.5, 0.6) is 0 Å². The lowest BCUT2D eigenvalue weighted by atomic mass is 9.93. The van der Waals surface area contributed by atoms with Crippen molar-refractivity contribution in [1.82, 2.24) is 25.8 Å². The molecule has 0 spiro atoms. The van der Waals surface area contributed by atoms with E-state index in [0.29, 0.717) is 32.4 Å². The van der Waals surface area contributed by atoms with E-state index in [0.717, 1.165) is 35.7 Å². The number of hydrazine groups is 1. The van der Waals surface area contributed by atoms with E-state index in [4.69, 9.17) is 4.52 Å². The van der Waals surface area contributed by atoms with Gasteiger partial charge in [-0.15, -0.1) is 0 Å². The van der Waals surface area contributed by atoms with Crippen molar-refractivity contribution in [3.8, 4) is 0 Å². The molecular formula is C22H29N5O3. The normalized spacial score (nSPS) is 22.7. The second kappa shape index (κ2) is 8.97. The standard InChI is InChI=1S/C22H29N5O3/c1-15-18(16(2)30-25-15)8-9-21(29)27-12-10-26(11-13-27)19-14-20(28)23-24-22(19)17-6-4-3-5-7-17/h3-7,19,22,24H,8-14H2,1-2H3,(H,23,28). The van der Waals surface area contributed by atoms with Crippen LogP contribution in [0.4, 0.5) is 0 Å². The SMILES string of the molecule is Cc1noc(C)c1CCC(=O)N1CCN(C2CC(=O)NNC2c2ccccc2)CC1. The van der Waals surface area contributed by atoms with E-state index in [-0.39, 0.29) is 23.9 Å². The van der Waals surface area contributed by atoms with E-state index in [1.807, 2.05) is 36.9 Å². The summed E-state index contributed by atoms with van der Waals surface area (Å²) in [4.78, 5) is 29.0. The third-order valence-electron chi connectivity index (χ3n) is 6.21. The van der Waals surface area contributed by atoms with Gasteiger partial charge in [0.15, 0.2) is 0 Å². The zero-order chi connectivity index (χ0) is 21.1. The van der Waals surface area contributed by atoms with Crippen molar-refractivity contribution in [2.75, 3.05) is 26.2 Å². The quantitative estimate of drug-likeness (QED) is 0.775. The van der Waals surface area contributed by atoms with Crippen molar-refractivity contribution in [1.29, 1.82) is 0 Å². The zero-order valence-electron chi connectivity index (χ0n) is 17.6. The first-order valence-electron chi connectivity index (χ1n) is 10.6. The van der Waals surface area contributed by atoms with E-state index < -0.39 is 0 Å². The molecule has 0 radical (unpaired) electrons. The second-order valence-corrected chi connectivity index (χ2v) is 8.07. The number of amides is 2. The molecule has 0 bridgehead atoms. The average molecular weight is 412 g/mol. The molecule has 30 heavy (non-hydrogen) atoms. The van der Waals surface area contributed by atoms with Crippen LogP contribution in [0.2, 0.25) is 0 Å². The van der Waals surface area contributed by atoms with Gasteiger partial charge >= 0.3 is 0 Å². The average Bonchev–Trinajstić information content (AvgIpc) is 3.10. The molecule has 2 aliphatic heterocycles. The van der Waals surface area contributed by atoms with Crippen molar-refractivity contribution in [3.05, 3.63) is 52.9 Å². The topological polar surface area (TPSA) is 90.7 Å². The Balaban J connectivity index is 1.34. The summed E-state index contributed by atoms with van der Waals surface area (Å²) in [5.74, 6) is 0.957. The van der Waals surface area contributed by atoms with Gasteiger partial charge in [0, 0.05) is 50.6 Å². The lowest BCUT2D eigenvalue weighted by Crippen LogP contribution is -2.60. The van der Waals surface area contributed by atoms with E-state index in [1.165, 1.54) is 0 Å². The first-order chi connectivity index (χ1) is 14.5. The Bertz CT molecular complexity index is 870. The van der Waals surface area contributed by atoms with Crippen LogP contribution < -0.4 is 10.9 Å². The van der Waals surface area contributed by atoms with Gasteiger partial charge in [0.25, 0.3) is 0 Å². The van der Waals surface area contributed by atoms with Gasteiger partial charge in [-0.1, -0.05) is 35.5 Å². The Hall–Kier alpha value is -2.71. The molecule has 2 aliphatic rings. The Morgan fingerprint density at radius 2 is 1.90 bits per heavy atom. The van der Waals surface area contributed by atoms with E-state index >= 15 is 0 Å². The lowest BCUT2D eigenvalue weighted by molar-refractivity contribution is -0.135. The van der Waals surface area contributed by atoms with Crippen molar-refractivity contribution >= 4 is 11.8 Å². The summed E-state index contributed by atoms with van der Waals surface area (Å²) in [7, 11) is 0.